The van der Waals surface area contributed by atoms with Crippen LogP contribution in [0.25, 0.3) is 0 Å². The summed E-state index contributed by atoms with van der Waals surface area (Å²) in [6, 6.07) is 5.02. The topological polar surface area (TPSA) is 43.1 Å². The minimum atomic E-state index is -0.412. The lowest BCUT2D eigenvalue weighted by molar-refractivity contribution is -0.385. The number of halogens is 1. The number of rotatable bonds is 2. The number of hydrogen-bond donors (Lipinski definition) is 0. The van der Waals surface area contributed by atoms with E-state index in [9.17, 15) is 10.1 Å². The Balaban J connectivity index is 3.21. The van der Waals surface area contributed by atoms with Crippen LogP contribution >= 0.6 is 11.6 Å². The fourth-order valence-corrected chi connectivity index (χ4v) is 1.18. The van der Waals surface area contributed by atoms with Gasteiger partial charge < -0.3 is 0 Å². The number of nitro benzene ring substituents is 1. The molecule has 0 atom stereocenters. The molecule has 0 aliphatic heterocycles. The van der Waals surface area contributed by atoms with E-state index in [-0.39, 0.29) is 11.6 Å². The summed E-state index contributed by atoms with van der Waals surface area (Å²) in [6.07, 6.45) is 0. The quantitative estimate of drug-likeness (QED) is 0.404. The van der Waals surface area contributed by atoms with Gasteiger partial charge in [0.15, 0.2) is 0 Å². The zero-order chi connectivity index (χ0) is 9.14. The summed E-state index contributed by atoms with van der Waals surface area (Å²) < 4.78 is 0. The Morgan fingerprint density at radius 1 is 1.58 bits per heavy atom. The summed E-state index contributed by atoms with van der Waals surface area (Å²) >= 11 is 5.52. The molecule has 0 heterocycles. The second-order valence-corrected chi connectivity index (χ2v) is 2.79. The van der Waals surface area contributed by atoms with Gasteiger partial charge in [-0.15, -0.1) is 11.6 Å². The van der Waals surface area contributed by atoms with Gasteiger partial charge in [0.05, 0.1) is 10.8 Å². The smallest absolute Gasteiger partial charge is 0.258 e. The lowest BCUT2D eigenvalue weighted by Crippen LogP contribution is -1.93. The number of hydrogen-bond acceptors (Lipinski definition) is 2. The molecule has 12 heavy (non-hydrogen) atoms. The van der Waals surface area contributed by atoms with E-state index in [2.05, 4.69) is 0 Å². The van der Waals surface area contributed by atoms with Crippen LogP contribution in [0.5, 0.6) is 0 Å². The van der Waals surface area contributed by atoms with E-state index in [4.69, 9.17) is 11.6 Å². The Bertz CT molecular complexity index is 312. The van der Waals surface area contributed by atoms with Gasteiger partial charge in [-0.3, -0.25) is 10.1 Å². The molecule has 3 nitrogen and oxygen atoms in total. The fourth-order valence-electron chi connectivity index (χ4n) is 0.957. The molecule has 1 rings (SSSR count). The maximum Gasteiger partial charge on any atom is 0.274 e. The van der Waals surface area contributed by atoms with Crippen molar-refractivity contribution in [2.24, 2.45) is 0 Å². The molecule has 64 valence electrons. The first kappa shape index (κ1) is 9.00. The predicted molar refractivity (Wildman–Crippen MR) is 47.4 cm³/mol. The Labute approximate surface area is 75.1 Å². The summed E-state index contributed by atoms with van der Waals surface area (Å²) in [6.45, 7) is 1.81. The molecule has 0 N–H and O–H groups in total. The van der Waals surface area contributed by atoms with Crippen molar-refractivity contribution in [2.45, 2.75) is 12.8 Å². The van der Waals surface area contributed by atoms with E-state index in [1.807, 2.05) is 13.0 Å². The van der Waals surface area contributed by atoms with Gasteiger partial charge in [0, 0.05) is 11.6 Å². The van der Waals surface area contributed by atoms with E-state index in [1.165, 1.54) is 6.07 Å². The van der Waals surface area contributed by atoms with Crippen LogP contribution in [-0.2, 0) is 5.88 Å². The molecule has 1 aromatic rings. The van der Waals surface area contributed by atoms with Crippen LogP contribution in [0, 0.1) is 17.0 Å². The van der Waals surface area contributed by atoms with Crippen LogP contribution in [0.1, 0.15) is 11.1 Å². The molecule has 0 spiro atoms. The molecular weight excluding hydrogens is 178 g/mol. The van der Waals surface area contributed by atoms with Crippen molar-refractivity contribution in [3.8, 4) is 0 Å². The first-order valence-electron chi connectivity index (χ1n) is 3.45. The Kier molecular flexibility index (Phi) is 2.65. The molecule has 1 aromatic carbocycles. The summed E-state index contributed by atoms with van der Waals surface area (Å²) in [7, 11) is 0. The lowest BCUT2D eigenvalue weighted by atomic mass is 10.1. The van der Waals surface area contributed by atoms with Crippen LogP contribution in [-0.4, -0.2) is 4.92 Å². The Morgan fingerprint density at radius 2 is 2.25 bits per heavy atom. The number of aryl methyl sites for hydroxylation is 1. The predicted octanol–water partition coefficient (Wildman–Crippen LogP) is 2.64. The van der Waals surface area contributed by atoms with Gasteiger partial charge in [0.1, 0.15) is 0 Å². The second-order valence-electron chi connectivity index (χ2n) is 2.52. The van der Waals surface area contributed by atoms with E-state index in [0.29, 0.717) is 5.56 Å². The van der Waals surface area contributed by atoms with E-state index in [0.717, 1.165) is 5.56 Å². The van der Waals surface area contributed by atoms with Crippen LogP contribution in [0.2, 0.25) is 0 Å². The first-order valence-corrected chi connectivity index (χ1v) is 3.98. The lowest BCUT2D eigenvalue weighted by Gasteiger charge is -1.98. The number of nitrogens with zero attached hydrogens (tertiary/aromatic N) is 1. The Morgan fingerprint density at radius 3 is 2.75 bits per heavy atom. The third-order valence-electron chi connectivity index (χ3n) is 1.58. The molecule has 0 amide bonds. The van der Waals surface area contributed by atoms with Crippen LogP contribution in [0.15, 0.2) is 18.2 Å². The minimum absolute atomic E-state index is 0.102. The highest BCUT2D eigenvalue weighted by Gasteiger charge is 2.11. The summed E-state index contributed by atoms with van der Waals surface area (Å²) in [5.74, 6) is 0.177. The summed E-state index contributed by atoms with van der Waals surface area (Å²) in [5.41, 5.74) is 1.54. The van der Waals surface area contributed by atoms with Crippen molar-refractivity contribution in [3.63, 3.8) is 0 Å². The van der Waals surface area contributed by atoms with E-state index < -0.39 is 4.92 Å². The van der Waals surface area contributed by atoms with Gasteiger partial charge in [-0.05, 0) is 12.5 Å². The monoisotopic (exact) mass is 185 g/mol. The van der Waals surface area contributed by atoms with Crippen molar-refractivity contribution in [3.05, 3.63) is 39.4 Å². The molecule has 0 radical (unpaired) electrons. The van der Waals surface area contributed by atoms with Gasteiger partial charge in [-0.2, -0.15) is 0 Å². The molecule has 0 aliphatic carbocycles. The molecule has 0 saturated carbocycles. The minimum Gasteiger partial charge on any atom is -0.258 e. The highest BCUT2D eigenvalue weighted by molar-refractivity contribution is 6.17. The average molecular weight is 186 g/mol. The van der Waals surface area contributed by atoms with E-state index >= 15 is 0 Å². The maximum atomic E-state index is 10.5. The van der Waals surface area contributed by atoms with Crippen molar-refractivity contribution in [1.29, 1.82) is 0 Å². The zero-order valence-electron chi connectivity index (χ0n) is 6.58. The standard InChI is InChI=1S/C8H8ClNO2/c1-6-2-3-7(5-9)8(4-6)10(11)12/h2-4H,5H2,1H3. The SMILES string of the molecule is Cc1ccc(CCl)c([N+](=O)[O-])c1. The van der Waals surface area contributed by atoms with Gasteiger partial charge >= 0.3 is 0 Å². The third kappa shape index (κ3) is 1.74. The highest BCUT2D eigenvalue weighted by Crippen LogP contribution is 2.21. The molecule has 0 bridgehead atoms. The molecule has 0 unspecified atom stereocenters. The van der Waals surface area contributed by atoms with Crippen LogP contribution in [0.3, 0.4) is 0 Å². The zero-order valence-corrected chi connectivity index (χ0v) is 7.34. The fraction of sp³-hybridized carbons (Fsp3) is 0.250. The number of nitro groups is 1. The number of benzene rings is 1. The summed E-state index contributed by atoms with van der Waals surface area (Å²) in [5, 5.41) is 10.5. The third-order valence-corrected chi connectivity index (χ3v) is 1.87. The normalized spacial score (nSPS) is 9.83. The molecule has 0 fully saturated rings. The molecule has 4 heteroatoms. The molecule has 0 aromatic heterocycles. The summed E-state index contributed by atoms with van der Waals surface area (Å²) in [4.78, 5) is 10.1. The van der Waals surface area contributed by atoms with Gasteiger partial charge in [-0.25, -0.2) is 0 Å². The van der Waals surface area contributed by atoms with Gasteiger partial charge in [0.2, 0.25) is 0 Å². The first-order chi connectivity index (χ1) is 5.65. The van der Waals surface area contributed by atoms with Crippen LogP contribution < -0.4 is 0 Å². The number of alkyl halides is 1. The van der Waals surface area contributed by atoms with Crippen molar-refractivity contribution >= 4 is 17.3 Å². The van der Waals surface area contributed by atoms with Crippen molar-refractivity contribution in [1.82, 2.24) is 0 Å². The highest BCUT2D eigenvalue weighted by atomic mass is 35.5. The second kappa shape index (κ2) is 3.54. The average Bonchev–Trinajstić information content (AvgIpc) is 2.04. The Hall–Kier alpha value is -1.09. The van der Waals surface area contributed by atoms with E-state index in [1.54, 1.807) is 6.07 Å². The van der Waals surface area contributed by atoms with Gasteiger partial charge in [0.25, 0.3) is 5.69 Å². The maximum absolute atomic E-state index is 10.5. The van der Waals surface area contributed by atoms with Gasteiger partial charge in [-0.1, -0.05) is 12.1 Å². The largest absolute Gasteiger partial charge is 0.274 e. The molecule has 0 aliphatic rings. The molecule has 0 saturated heterocycles. The van der Waals surface area contributed by atoms with Crippen molar-refractivity contribution < 1.29 is 4.92 Å². The van der Waals surface area contributed by atoms with Crippen molar-refractivity contribution in [2.75, 3.05) is 0 Å². The molecular formula is C8H8ClNO2. The van der Waals surface area contributed by atoms with Crippen LogP contribution in [0.4, 0.5) is 5.69 Å².